The molecule has 366 valence electrons. The highest BCUT2D eigenvalue weighted by Gasteiger charge is 2.31. The number of para-hydroxylation sites is 2. The van der Waals surface area contributed by atoms with Crippen molar-refractivity contribution in [3.8, 4) is 77.9 Å². The Hall–Kier alpha value is -9.76. The van der Waals surface area contributed by atoms with Crippen molar-refractivity contribution in [1.82, 2.24) is 0 Å². The Morgan fingerprint density at radius 1 is 0.179 bits per heavy atom. The van der Waals surface area contributed by atoms with Crippen LogP contribution < -0.4 is 9.80 Å². The minimum Gasteiger partial charge on any atom is -0.310 e. The normalized spacial score (nSPS) is 12.7. The molecule has 0 heterocycles. The Balaban J connectivity index is 0.805. The molecule has 78 heavy (non-hydrogen) atoms. The van der Waals surface area contributed by atoms with Crippen LogP contribution in [0.15, 0.2) is 267 Å². The van der Waals surface area contributed by atoms with Crippen LogP contribution in [0.3, 0.4) is 0 Å². The largest absolute Gasteiger partial charge is 0.310 e. The van der Waals surface area contributed by atoms with Crippen molar-refractivity contribution in [1.29, 1.82) is 0 Å². The fourth-order valence-corrected chi connectivity index (χ4v) is 13.7. The second-order valence-electron chi connectivity index (χ2n) is 21.4. The third-order valence-corrected chi connectivity index (χ3v) is 17.3. The fourth-order valence-electron chi connectivity index (χ4n) is 13.7. The summed E-state index contributed by atoms with van der Waals surface area (Å²) in [4.78, 5) is 5.06. The average molecular weight is 993 g/mol. The minimum absolute atomic E-state index is 0.892. The van der Waals surface area contributed by atoms with E-state index < -0.39 is 0 Å². The second kappa shape index (κ2) is 17.9. The van der Waals surface area contributed by atoms with Crippen molar-refractivity contribution in [2.24, 2.45) is 0 Å². The highest BCUT2D eigenvalue weighted by molar-refractivity contribution is 5.98. The molecule has 16 rings (SSSR count). The SMILES string of the molecule is c1ccc2c(c1)Cc1c-2cccc1-c1ccccc1N(c1ccc(-c2ccc(N(c3ccccc3-c3cccc4c3Cc3ccccc3-4)c3cccc4c3Cc3ccccc3-4)cc2)cc1)c1cccc2c1Cc1ccccc1-2. The number of hydrogen-bond acceptors (Lipinski definition) is 2. The molecular weight excluding hydrogens is 941 g/mol. The summed E-state index contributed by atoms with van der Waals surface area (Å²) in [5, 5.41) is 0. The topological polar surface area (TPSA) is 6.48 Å². The lowest BCUT2D eigenvalue weighted by molar-refractivity contribution is 1.20. The predicted molar refractivity (Wildman–Crippen MR) is 325 cm³/mol. The fraction of sp³-hybridized carbons (Fsp3) is 0.0526. The maximum Gasteiger partial charge on any atom is 0.0540 e. The number of fused-ring (bicyclic) bond motifs is 12. The van der Waals surface area contributed by atoms with E-state index in [1.54, 1.807) is 0 Å². The summed E-state index contributed by atoms with van der Waals surface area (Å²) < 4.78 is 0. The molecule has 12 aromatic rings. The van der Waals surface area contributed by atoms with E-state index in [9.17, 15) is 0 Å². The lowest BCUT2D eigenvalue weighted by Crippen LogP contribution is -2.13. The monoisotopic (exact) mass is 992 g/mol. The number of nitrogens with zero attached hydrogens (tertiary/aromatic N) is 2. The standard InChI is InChI=1S/C76H52N2/c1-5-21-57-51(17-1)45-69-61(57)27-13-29-65(69)67-25-9-11-33-73(67)77(75-35-15-31-63-59-23-7-3-19-53(59)47-71(63)75)55-41-37-49(38-42-55)50-39-43-56(44-40-50)78(76-36-16-32-64-60-24-8-4-20-54(60)48-72(64)76)74-34-12-10-26-68(74)66-30-14-28-62-58-22-6-2-18-52(58)46-70(62)66/h1-44H,45-48H2. The molecule has 0 N–H and O–H groups in total. The van der Waals surface area contributed by atoms with Gasteiger partial charge in [-0.1, -0.05) is 218 Å². The van der Waals surface area contributed by atoms with Crippen LogP contribution in [-0.2, 0) is 25.7 Å². The Morgan fingerprint density at radius 2 is 0.423 bits per heavy atom. The summed E-state index contributed by atoms with van der Waals surface area (Å²) in [7, 11) is 0. The zero-order chi connectivity index (χ0) is 51.3. The molecule has 0 aromatic heterocycles. The van der Waals surface area contributed by atoms with Crippen LogP contribution in [-0.4, -0.2) is 0 Å². The first-order valence-electron chi connectivity index (χ1n) is 27.5. The molecular formula is C76H52N2. The van der Waals surface area contributed by atoms with Gasteiger partial charge in [-0.3, -0.25) is 0 Å². The van der Waals surface area contributed by atoms with Gasteiger partial charge in [0.1, 0.15) is 0 Å². The average Bonchev–Trinajstić information content (AvgIpc) is 4.44. The molecule has 2 nitrogen and oxygen atoms in total. The number of benzene rings is 12. The molecule has 0 unspecified atom stereocenters. The van der Waals surface area contributed by atoms with E-state index in [0.29, 0.717) is 0 Å². The van der Waals surface area contributed by atoms with E-state index in [1.807, 2.05) is 0 Å². The van der Waals surface area contributed by atoms with Gasteiger partial charge in [0, 0.05) is 35.3 Å². The van der Waals surface area contributed by atoms with Gasteiger partial charge >= 0.3 is 0 Å². The van der Waals surface area contributed by atoms with Crippen molar-refractivity contribution in [3.63, 3.8) is 0 Å². The molecule has 12 aromatic carbocycles. The first-order valence-corrected chi connectivity index (χ1v) is 27.5. The summed E-state index contributed by atoms with van der Waals surface area (Å²) >= 11 is 0. The van der Waals surface area contributed by atoms with E-state index in [2.05, 4.69) is 277 Å². The van der Waals surface area contributed by atoms with E-state index >= 15 is 0 Å². The third-order valence-electron chi connectivity index (χ3n) is 17.3. The summed E-state index contributed by atoms with van der Waals surface area (Å²) in [6, 6.07) is 99.8. The zero-order valence-corrected chi connectivity index (χ0v) is 43.1. The lowest BCUT2D eigenvalue weighted by Gasteiger charge is -2.30. The Bertz CT molecular complexity index is 4110. The predicted octanol–water partition coefficient (Wildman–Crippen LogP) is 19.9. The van der Waals surface area contributed by atoms with Gasteiger partial charge in [-0.05, 0) is 173 Å². The highest BCUT2D eigenvalue weighted by Crippen LogP contribution is 2.53. The van der Waals surface area contributed by atoms with Crippen molar-refractivity contribution >= 4 is 34.1 Å². The number of hydrogen-bond donors (Lipinski definition) is 0. The van der Waals surface area contributed by atoms with Gasteiger partial charge < -0.3 is 9.80 Å². The molecule has 0 bridgehead atoms. The first kappa shape index (κ1) is 44.5. The third kappa shape index (κ3) is 7.03. The van der Waals surface area contributed by atoms with Crippen LogP contribution in [0.2, 0.25) is 0 Å². The summed E-state index contributed by atoms with van der Waals surface area (Å²) in [5.74, 6) is 0. The summed E-state index contributed by atoms with van der Waals surface area (Å²) in [6.07, 6.45) is 3.64. The smallest absolute Gasteiger partial charge is 0.0540 e. The molecule has 0 saturated carbocycles. The van der Waals surface area contributed by atoms with Gasteiger partial charge in [0.05, 0.1) is 22.7 Å². The molecule has 0 amide bonds. The minimum atomic E-state index is 0.892. The zero-order valence-electron chi connectivity index (χ0n) is 43.1. The van der Waals surface area contributed by atoms with Crippen molar-refractivity contribution in [2.75, 3.05) is 9.80 Å². The van der Waals surface area contributed by atoms with Gasteiger partial charge in [0.25, 0.3) is 0 Å². The van der Waals surface area contributed by atoms with Gasteiger partial charge in [-0.15, -0.1) is 0 Å². The van der Waals surface area contributed by atoms with Crippen LogP contribution in [0.1, 0.15) is 44.5 Å². The molecule has 4 aliphatic carbocycles. The van der Waals surface area contributed by atoms with Crippen LogP contribution in [0.5, 0.6) is 0 Å². The Morgan fingerprint density at radius 3 is 0.782 bits per heavy atom. The quantitative estimate of drug-likeness (QED) is 0.142. The molecule has 0 spiro atoms. The van der Waals surface area contributed by atoms with E-state index in [1.165, 1.54) is 145 Å². The van der Waals surface area contributed by atoms with Crippen LogP contribution >= 0.6 is 0 Å². The maximum atomic E-state index is 2.53. The van der Waals surface area contributed by atoms with Gasteiger partial charge in [-0.25, -0.2) is 0 Å². The second-order valence-corrected chi connectivity index (χ2v) is 21.4. The van der Waals surface area contributed by atoms with Crippen LogP contribution in [0, 0.1) is 0 Å². The van der Waals surface area contributed by atoms with Gasteiger partial charge in [0.2, 0.25) is 0 Å². The molecule has 0 saturated heterocycles. The van der Waals surface area contributed by atoms with Crippen LogP contribution in [0.25, 0.3) is 77.9 Å². The molecule has 0 aliphatic heterocycles. The molecule has 0 fully saturated rings. The van der Waals surface area contributed by atoms with E-state index in [-0.39, 0.29) is 0 Å². The molecule has 0 radical (unpaired) electrons. The van der Waals surface area contributed by atoms with Gasteiger partial charge in [-0.2, -0.15) is 0 Å². The molecule has 4 aliphatic rings. The summed E-state index contributed by atoms with van der Waals surface area (Å²) in [5.41, 5.74) is 36.1. The molecule has 2 heteroatoms. The Labute approximate surface area is 456 Å². The van der Waals surface area contributed by atoms with Crippen molar-refractivity contribution < 1.29 is 0 Å². The van der Waals surface area contributed by atoms with Crippen LogP contribution in [0.4, 0.5) is 34.1 Å². The maximum absolute atomic E-state index is 2.53. The highest BCUT2D eigenvalue weighted by atomic mass is 15.2. The first-order chi connectivity index (χ1) is 38.7. The number of anilines is 6. The van der Waals surface area contributed by atoms with E-state index in [4.69, 9.17) is 0 Å². The van der Waals surface area contributed by atoms with Gasteiger partial charge in [0.15, 0.2) is 0 Å². The molecule has 0 atom stereocenters. The Kier molecular flexibility index (Phi) is 10.2. The summed E-state index contributed by atoms with van der Waals surface area (Å²) in [6.45, 7) is 0. The lowest BCUT2D eigenvalue weighted by atomic mass is 9.93. The van der Waals surface area contributed by atoms with E-state index in [0.717, 1.165) is 37.1 Å². The van der Waals surface area contributed by atoms with Crippen molar-refractivity contribution in [2.45, 2.75) is 25.7 Å². The number of rotatable bonds is 9. The van der Waals surface area contributed by atoms with Crippen molar-refractivity contribution in [3.05, 3.63) is 311 Å².